The van der Waals surface area contributed by atoms with Crippen molar-refractivity contribution in [1.82, 2.24) is 14.9 Å². The predicted molar refractivity (Wildman–Crippen MR) is 71.6 cm³/mol. The molecule has 1 aliphatic rings. The number of halogens is 3. The molecule has 7 heteroatoms. The lowest BCUT2D eigenvalue weighted by Crippen LogP contribution is -2.18. The molecule has 0 aliphatic heterocycles. The summed E-state index contributed by atoms with van der Waals surface area (Å²) in [6.45, 7) is -0.718. The average Bonchev–Trinajstić information content (AvgIpc) is 3.19. The summed E-state index contributed by atoms with van der Waals surface area (Å²) in [6, 6.07) is 4.32. The first-order valence-electron chi connectivity index (χ1n) is 6.83. The largest absolute Gasteiger partial charge is 0.411 e. The molecule has 0 amide bonds. The van der Waals surface area contributed by atoms with Crippen LogP contribution in [-0.2, 0) is 18.0 Å². The molecule has 4 nitrogen and oxygen atoms in total. The first-order chi connectivity index (χ1) is 10.0. The van der Waals surface area contributed by atoms with Crippen LogP contribution in [0.4, 0.5) is 13.2 Å². The van der Waals surface area contributed by atoms with E-state index in [9.17, 15) is 13.2 Å². The van der Waals surface area contributed by atoms with Gasteiger partial charge in [0, 0.05) is 30.4 Å². The molecule has 21 heavy (non-hydrogen) atoms. The summed E-state index contributed by atoms with van der Waals surface area (Å²) < 4.78 is 42.7. The minimum absolute atomic E-state index is 0.156. The molecule has 2 aromatic rings. The molecule has 0 spiro atoms. The quantitative estimate of drug-likeness (QED) is 0.891. The van der Waals surface area contributed by atoms with E-state index in [2.05, 4.69) is 10.3 Å². The number of hydrogen-bond donors (Lipinski definition) is 1. The van der Waals surface area contributed by atoms with Gasteiger partial charge in [0.15, 0.2) is 0 Å². The minimum Gasteiger partial charge on any atom is -0.351 e. The van der Waals surface area contributed by atoms with E-state index in [1.54, 1.807) is 10.8 Å². The van der Waals surface area contributed by atoms with Gasteiger partial charge in [-0.1, -0.05) is 0 Å². The molecule has 0 unspecified atom stereocenters. The number of aromatic nitrogens is 2. The Morgan fingerprint density at radius 3 is 2.90 bits per heavy atom. The van der Waals surface area contributed by atoms with E-state index in [0.29, 0.717) is 18.2 Å². The highest BCUT2D eigenvalue weighted by Gasteiger charge is 2.27. The minimum atomic E-state index is -4.31. The standard InChI is InChI=1S/C14H16F3N3O/c15-14(16,17)8-21-9-20-7-10(6-19-11-3-4-11)12-2-1-5-18-13(12)20/h1-2,5,7,11,19H,3-4,6,8-9H2. The van der Waals surface area contributed by atoms with Gasteiger partial charge in [0.2, 0.25) is 0 Å². The fourth-order valence-electron chi connectivity index (χ4n) is 2.24. The lowest BCUT2D eigenvalue weighted by Gasteiger charge is -2.08. The van der Waals surface area contributed by atoms with Crippen LogP contribution in [0.25, 0.3) is 11.0 Å². The Hall–Kier alpha value is -1.60. The third-order valence-corrected chi connectivity index (χ3v) is 3.37. The van der Waals surface area contributed by atoms with E-state index in [4.69, 9.17) is 4.74 Å². The topological polar surface area (TPSA) is 39.1 Å². The molecule has 1 saturated carbocycles. The smallest absolute Gasteiger partial charge is 0.351 e. The molecule has 3 rings (SSSR count). The van der Waals surface area contributed by atoms with Crippen LogP contribution >= 0.6 is 0 Å². The Morgan fingerprint density at radius 1 is 1.38 bits per heavy atom. The summed E-state index contributed by atoms with van der Waals surface area (Å²) in [4.78, 5) is 4.23. The van der Waals surface area contributed by atoms with Crippen molar-refractivity contribution in [2.45, 2.75) is 38.3 Å². The summed E-state index contributed by atoms with van der Waals surface area (Å²) in [5, 5.41) is 4.34. The number of fused-ring (bicyclic) bond motifs is 1. The molecule has 0 atom stereocenters. The summed E-state index contributed by atoms with van der Waals surface area (Å²) in [7, 11) is 0. The molecule has 2 aromatic heterocycles. The highest BCUT2D eigenvalue weighted by Crippen LogP contribution is 2.23. The van der Waals surface area contributed by atoms with Crippen LogP contribution in [0.1, 0.15) is 18.4 Å². The van der Waals surface area contributed by atoms with Crippen LogP contribution in [-0.4, -0.2) is 28.4 Å². The Morgan fingerprint density at radius 2 is 2.19 bits per heavy atom. The van der Waals surface area contributed by atoms with Gasteiger partial charge in [-0.2, -0.15) is 13.2 Å². The van der Waals surface area contributed by atoms with Crippen LogP contribution in [0.2, 0.25) is 0 Å². The van der Waals surface area contributed by atoms with Gasteiger partial charge in [0.05, 0.1) is 0 Å². The lowest BCUT2D eigenvalue weighted by atomic mass is 10.2. The third-order valence-electron chi connectivity index (χ3n) is 3.37. The Labute approximate surface area is 119 Å². The maximum absolute atomic E-state index is 12.1. The van der Waals surface area contributed by atoms with Crippen molar-refractivity contribution in [2.24, 2.45) is 0 Å². The zero-order valence-corrected chi connectivity index (χ0v) is 11.4. The predicted octanol–water partition coefficient (Wildman–Crippen LogP) is 2.82. The van der Waals surface area contributed by atoms with Crippen LogP contribution in [0, 0.1) is 0 Å². The van der Waals surface area contributed by atoms with Gasteiger partial charge in [0.25, 0.3) is 0 Å². The first-order valence-corrected chi connectivity index (χ1v) is 6.83. The van der Waals surface area contributed by atoms with Gasteiger partial charge in [-0.15, -0.1) is 0 Å². The molecular formula is C14H16F3N3O. The van der Waals surface area contributed by atoms with Crippen LogP contribution in [0.3, 0.4) is 0 Å². The number of pyridine rings is 1. The average molecular weight is 299 g/mol. The number of hydrogen-bond acceptors (Lipinski definition) is 3. The number of nitrogens with zero attached hydrogens (tertiary/aromatic N) is 2. The molecular weight excluding hydrogens is 283 g/mol. The van der Waals surface area contributed by atoms with Gasteiger partial charge in [-0.25, -0.2) is 4.98 Å². The van der Waals surface area contributed by atoms with Crippen molar-refractivity contribution in [3.63, 3.8) is 0 Å². The maximum atomic E-state index is 12.1. The molecule has 0 saturated heterocycles. The molecule has 1 N–H and O–H groups in total. The fraction of sp³-hybridized carbons (Fsp3) is 0.500. The molecule has 1 fully saturated rings. The number of rotatable bonds is 6. The highest BCUT2D eigenvalue weighted by molar-refractivity contribution is 5.80. The Bertz CT molecular complexity index is 619. The summed E-state index contributed by atoms with van der Waals surface area (Å²) in [6.07, 6.45) is 1.49. The molecule has 0 aromatic carbocycles. The monoisotopic (exact) mass is 299 g/mol. The number of nitrogens with one attached hydrogen (secondary N) is 1. The van der Waals surface area contributed by atoms with Gasteiger partial charge in [0.1, 0.15) is 19.0 Å². The second-order valence-corrected chi connectivity index (χ2v) is 5.25. The second-order valence-electron chi connectivity index (χ2n) is 5.25. The lowest BCUT2D eigenvalue weighted by molar-refractivity contribution is -0.181. The normalized spacial score (nSPS) is 15.8. The first kappa shape index (κ1) is 14.3. The molecule has 0 bridgehead atoms. The summed E-state index contributed by atoms with van der Waals surface area (Å²) in [5.41, 5.74) is 1.67. The van der Waals surface area contributed by atoms with Gasteiger partial charge < -0.3 is 14.6 Å². The second kappa shape index (κ2) is 5.65. The Balaban J connectivity index is 1.74. The van der Waals surface area contributed by atoms with E-state index in [-0.39, 0.29) is 6.73 Å². The van der Waals surface area contributed by atoms with E-state index in [1.165, 1.54) is 12.8 Å². The van der Waals surface area contributed by atoms with Crippen molar-refractivity contribution in [1.29, 1.82) is 0 Å². The molecule has 114 valence electrons. The van der Waals surface area contributed by atoms with Crippen molar-refractivity contribution in [2.75, 3.05) is 6.61 Å². The van der Waals surface area contributed by atoms with E-state index < -0.39 is 12.8 Å². The molecule has 1 aliphatic carbocycles. The summed E-state index contributed by atoms with van der Waals surface area (Å²) in [5.74, 6) is 0. The number of ether oxygens (including phenoxy) is 1. The Kier molecular flexibility index (Phi) is 3.86. The fourth-order valence-corrected chi connectivity index (χ4v) is 2.24. The van der Waals surface area contributed by atoms with Crippen molar-refractivity contribution >= 4 is 11.0 Å². The van der Waals surface area contributed by atoms with Crippen LogP contribution in [0.5, 0.6) is 0 Å². The van der Waals surface area contributed by atoms with Crippen molar-refractivity contribution < 1.29 is 17.9 Å². The molecule has 2 heterocycles. The maximum Gasteiger partial charge on any atom is 0.411 e. The van der Waals surface area contributed by atoms with Gasteiger partial charge in [-0.3, -0.25) is 0 Å². The zero-order valence-electron chi connectivity index (χ0n) is 11.4. The van der Waals surface area contributed by atoms with E-state index in [1.807, 2.05) is 18.3 Å². The SMILES string of the molecule is FC(F)(F)COCn1cc(CNC2CC2)c2cccnc21. The summed E-state index contributed by atoms with van der Waals surface area (Å²) >= 11 is 0. The van der Waals surface area contributed by atoms with Crippen LogP contribution in [0.15, 0.2) is 24.5 Å². The zero-order chi connectivity index (χ0) is 14.9. The molecule has 0 radical (unpaired) electrons. The highest BCUT2D eigenvalue weighted by atomic mass is 19.4. The van der Waals surface area contributed by atoms with Gasteiger partial charge in [-0.05, 0) is 30.5 Å². The third kappa shape index (κ3) is 3.74. The van der Waals surface area contributed by atoms with Gasteiger partial charge >= 0.3 is 6.18 Å². The van der Waals surface area contributed by atoms with Crippen LogP contribution < -0.4 is 5.32 Å². The van der Waals surface area contributed by atoms with E-state index >= 15 is 0 Å². The number of alkyl halides is 3. The van der Waals surface area contributed by atoms with Crippen molar-refractivity contribution in [3.05, 3.63) is 30.1 Å². The van der Waals surface area contributed by atoms with Crippen molar-refractivity contribution in [3.8, 4) is 0 Å². The van der Waals surface area contributed by atoms with E-state index in [0.717, 1.165) is 10.9 Å².